The van der Waals surface area contributed by atoms with Crippen LogP contribution in [0.25, 0.3) is 11.0 Å². The lowest BCUT2D eigenvalue weighted by atomic mass is 10.0. The van der Waals surface area contributed by atoms with E-state index in [0.717, 1.165) is 0 Å². The third-order valence-corrected chi connectivity index (χ3v) is 4.35. The minimum absolute atomic E-state index is 0.174. The highest BCUT2D eigenvalue weighted by molar-refractivity contribution is 5.90. The molecule has 2 N–H and O–H groups in total. The molecule has 0 fully saturated rings. The second-order valence-corrected chi connectivity index (χ2v) is 6.09. The molecule has 27 heavy (non-hydrogen) atoms. The first kappa shape index (κ1) is 20.3. The molecule has 1 aromatic heterocycles. The number of amides is 1. The Bertz CT molecular complexity index is 916. The van der Waals surface area contributed by atoms with Crippen LogP contribution < -0.4 is 20.4 Å². The minimum atomic E-state index is -1.11. The molecule has 1 aromatic carbocycles. The average molecular weight is 377 g/mol. The summed E-state index contributed by atoms with van der Waals surface area (Å²) < 4.78 is 15.9. The predicted octanol–water partition coefficient (Wildman–Crippen LogP) is 2.03. The molecule has 0 bridgehead atoms. The molecule has 0 saturated carbocycles. The number of rotatable bonds is 8. The number of carbonyl (C=O) groups excluding carboxylic acids is 1. The molecule has 1 atom stereocenters. The van der Waals surface area contributed by atoms with Crippen molar-refractivity contribution in [2.24, 2.45) is 0 Å². The monoisotopic (exact) mass is 377 g/mol. The summed E-state index contributed by atoms with van der Waals surface area (Å²) in [5.41, 5.74) is 0.301. The van der Waals surface area contributed by atoms with Crippen LogP contribution in [0.2, 0.25) is 0 Å². The largest absolute Gasteiger partial charge is 0.493 e. The number of hydrogen-bond donors (Lipinski definition) is 2. The molecule has 0 aliphatic heterocycles. The Labute approximate surface area is 156 Å². The number of aliphatic carboxylic acids is 1. The summed E-state index contributed by atoms with van der Waals surface area (Å²) in [5.74, 6) is -0.947. The van der Waals surface area contributed by atoms with Gasteiger partial charge in [0.25, 0.3) is 0 Å². The van der Waals surface area contributed by atoms with E-state index in [2.05, 4.69) is 5.32 Å². The molecule has 2 aromatic rings. The second-order valence-electron chi connectivity index (χ2n) is 6.09. The van der Waals surface area contributed by atoms with Crippen LogP contribution in [0.3, 0.4) is 0 Å². The number of methoxy groups -OCH3 is 2. The summed E-state index contributed by atoms with van der Waals surface area (Å²) in [6.45, 7) is 3.53. The van der Waals surface area contributed by atoms with E-state index in [-0.39, 0.29) is 17.6 Å². The maximum Gasteiger partial charge on any atom is 0.340 e. The van der Waals surface area contributed by atoms with Gasteiger partial charge < -0.3 is 24.3 Å². The van der Waals surface area contributed by atoms with Crippen molar-refractivity contribution in [2.45, 2.75) is 39.2 Å². The van der Waals surface area contributed by atoms with E-state index in [4.69, 9.17) is 19.0 Å². The van der Waals surface area contributed by atoms with Crippen LogP contribution in [-0.2, 0) is 16.0 Å². The van der Waals surface area contributed by atoms with E-state index in [9.17, 15) is 14.4 Å². The summed E-state index contributed by atoms with van der Waals surface area (Å²) >= 11 is 0. The first-order chi connectivity index (χ1) is 12.8. The number of aryl methyl sites for hydroxylation is 1. The lowest BCUT2D eigenvalue weighted by Crippen LogP contribution is -2.41. The van der Waals surface area contributed by atoms with Crippen LogP contribution >= 0.6 is 0 Å². The minimum Gasteiger partial charge on any atom is -0.493 e. The normalized spacial score (nSPS) is 11.9. The van der Waals surface area contributed by atoms with Gasteiger partial charge in [-0.3, -0.25) is 4.79 Å². The third kappa shape index (κ3) is 4.21. The molecule has 8 heteroatoms. The highest BCUT2D eigenvalue weighted by atomic mass is 16.5. The molecular formula is C19H23NO7. The molecule has 1 heterocycles. The Hall–Kier alpha value is -3.03. The fourth-order valence-electron chi connectivity index (χ4n) is 2.92. The number of ether oxygens (including phenoxy) is 2. The van der Waals surface area contributed by atoms with Crippen molar-refractivity contribution in [3.63, 3.8) is 0 Å². The molecule has 1 unspecified atom stereocenters. The molecule has 0 aliphatic rings. The van der Waals surface area contributed by atoms with Crippen LogP contribution in [0.15, 0.2) is 21.3 Å². The third-order valence-electron chi connectivity index (χ3n) is 4.35. The van der Waals surface area contributed by atoms with Gasteiger partial charge in [0.05, 0.1) is 26.2 Å². The maximum atomic E-state index is 12.4. The summed E-state index contributed by atoms with van der Waals surface area (Å²) in [6, 6.07) is 2.41. The Kier molecular flexibility index (Phi) is 6.44. The lowest BCUT2D eigenvalue weighted by molar-refractivity contribution is -0.141. The van der Waals surface area contributed by atoms with Crippen LogP contribution in [-0.4, -0.2) is 37.2 Å². The zero-order chi connectivity index (χ0) is 20.1. The van der Waals surface area contributed by atoms with Crippen molar-refractivity contribution in [2.75, 3.05) is 14.2 Å². The van der Waals surface area contributed by atoms with Gasteiger partial charge >= 0.3 is 11.6 Å². The molecule has 1 amide bonds. The molecule has 0 spiro atoms. The Balaban J connectivity index is 2.41. The second kappa shape index (κ2) is 8.57. The average Bonchev–Trinajstić information content (AvgIpc) is 2.63. The Morgan fingerprint density at radius 1 is 1.26 bits per heavy atom. The van der Waals surface area contributed by atoms with Crippen molar-refractivity contribution >= 4 is 22.8 Å². The number of fused-ring (bicyclic) bond motifs is 1. The fraction of sp³-hybridized carbons (Fsp3) is 0.421. The van der Waals surface area contributed by atoms with Crippen molar-refractivity contribution in [3.05, 3.63) is 33.7 Å². The lowest BCUT2D eigenvalue weighted by Gasteiger charge is -2.15. The zero-order valence-electron chi connectivity index (χ0n) is 15.8. The van der Waals surface area contributed by atoms with E-state index in [1.807, 2.05) is 6.92 Å². The van der Waals surface area contributed by atoms with Gasteiger partial charge in [0.1, 0.15) is 6.04 Å². The van der Waals surface area contributed by atoms with Gasteiger partial charge in [-0.1, -0.05) is 13.3 Å². The number of carboxylic acid groups (broad SMARTS) is 1. The highest BCUT2D eigenvalue weighted by Crippen LogP contribution is 2.36. The highest BCUT2D eigenvalue weighted by Gasteiger charge is 2.22. The van der Waals surface area contributed by atoms with E-state index in [1.165, 1.54) is 14.2 Å². The van der Waals surface area contributed by atoms with Crippen LogP contribution in [0, 0.1) is 6.92 Å². The summed E-state index contributed by atoms with van der Waals surface area (Å²) in [6.07, 6.45) is 0.644. The van der Waals surface area contributed by atoms with Gasteiger partial charge in [0.2, 0.25) is 11.7 Å². The smallest absolute Gasteiger partial charge is 0.340 e. The molecular weight excluding hydrogens is 354 g/mol. The zero-order valence-corrected chi connectivity index (χ0v) is 15.8. The van der Waals surface area contributed by atoms with Crippen LogP contribution in [0.1, 0.15) is 30.9 Å². The van der Waals surface area contributed by atoms with Crippen LogP contribution in [0.4, 0.5) is 0 Å². The summed E-state index contributed by atoms with van der Waals surface area (Å²) in [4.78, 5) is 35.9. The van der Waals surface area contributed by atoms with Crippen LogP contribution in [0.5, 0.6) is 11.5 Å². The van der Waals surface area contributed by atoms with Gasteiger partial charge in [-0.15, -0.1) is 0 Å². The van der Waals surface area contributed by atoms with E-state index in [0.29, 0.717) is 35.3 Å². The molecule has 0 radical (unpaired) electrons. The molecule has 0 aliphatic carbocycles. The number of benzene rings is 1. The molecule has 2 rings (SSSR count). The number of nitrogens with one attached hydrogen (secondary N) is 1. The van der Waals surface area contributed by atoms with Crippen molar-refractivity contribution < 1.29 is 28.6 Å². The summed E-state index contributed by atoms with van der Waals surface area (Å²) in [5, 5.41) is 12.2. The van der Waals surface area contributed by atoms with Gasteiger partial charge in [-0.05, 0) is 31.0 Å². The first-order valence-electron chi connectivity index (χ1n) is 8.53. The van der Waals surface area contributed by atoms with E-state index >= 15 is 0 Å². The van der Waals surface area contributed by atoms with Gasteiger partial charge in [0, 0.05) is 5.39 Å². The fourth-order valence-corrected chi connectivity index (χ4v) is 2.92. The topological polar surface area (TPSA) is 115 Å². The van der Waals surface area contributed by atoms with Gasteiger partial charge in [0.15, 0.2) is 11.3 Å². The van der Waals surface area contributed by atoms with Gasteiger partial charge in [-0.2, -0.15) is 0 Å². The molecule has 146 valence electrons. The number of carboxylic acids is 1. The number of hydrogen-bond acceptors (Lipinski definition) is 6. The maximum absolute atomic E-state index is 12.4. The van der Waals surface area contributed by atoms with E-state index in [1.54, 1.807) is 19.1 Å². The van der Waals surface area contributed by atoms with Crippen molar-refractivity contribution in [3.8, 4) is 11.5 Å². The Morgan fingerprint density at radius 2 is 1.96 bits per heavy atom. The van der Waals surface area contributed by atoms with E-state index < -0.39 is 23.5 Å². The molecule has 0 saturated heterocycles. The predicted molar refractivity (Wildman–Crippen MR) is 98.5 cm³/mol. The SMILES string of the molecule is CCCC(NC(=O)Cc1c(C)c2ccc(OC)c(OC)c2oc1=O)C(=O)O. The van der Waals surface area contributed by atoms with Gasteiger partial charge in [-0.25, -0.2) is 9.59 Å². The summed E-state index contributed by atoms with van der Waals surface area (Å²) in [7, 11) is 2.91. The van der Waals surface area contributed by atoms with Crippen molar-refractivity contribution in [1.29, 1.82) is 0 Å². The molecule has 8 nitrogen and oxygen atoms in total. The standard InChI is InChI=1S/C19H23NO7/c1-5-6-13(18(22)23)20-15(21)9-12-10(2)11-7-8-14(25-3)17(26-4)16(11)27-19(12)24/h7-8,13H,5-6,9H2,1-4H3,(H,20,21)(H,22,23). The number of carbonyl (C=O) groups is 2. The first-order valence-corrected chi connectivity index (χ1v) is 8.53. The quantitative estimate of drug-likeness (QED) is 0.676. The van der Waals surface area contributed by atoms with Crippen molar-refractivity contribution in [1.82, 2.24) is 5.32 Å². The Morgan fingerprint density at radius 3 is 2.52 bits per heavy atom.